The molecule has 0 aliphatic heterocycles. The minimum absolute atomic E-state index is 0.00652. The number of furan rings is 1. The molecule has 0 aromatic carbocycles. The number of nitrogens with zero attached hydrogens (tertiary/aromatic N) is 3. The van der Waals surface area contributed by atoms with Crippen molar-refractivity contribution in [3.63, 3.8) is 0 Å². The van der Waals surface area contributed by atoms with Gasteiger partial charge in [-0.1, -0.05) is 0 Å². The lowest BCUT2D eigenvalue weighted by Crippen LogP contribution is -2.39. The molecule has 0 aliphatic rings. The van der Waals surface area contributed by atoms with Crippen LogP contribution in [0.5, 0.6) is 0 Å². The molecule has 0 saturated carbocycles. The number of nitrogens with one attached hydrogen (secondary N) is 1. The van der Waals surface area contributed by atoms with Crippen LogP contribution in [0.15, 0.2) is 28.2 Å². The topological polar surface area (TPSA) is 105 Å². The lowest BCUT2D eigenvalue weighted by Gasteiger charge is -2.20. The number of hydrogen-bond acceptors (Lipinski definition) is 7. The predicted molar refractivity (Wildman–Crippen MR) is 109 cm³/mol. The van der Waals surface area contributed by atoms with Crippen LogP contribution < -0.4 is 5.32 Å². The van der Waals surface area contributed by atoms with Gasteiger partial charge in [-0.3, -0.25) is 14.4 Å². The van der Waals surface area contributed by atoms with Gasteiger partial charge in [-0.25, -0.2) is 4.98 Å². The van der Waals surface area contributed by atoms with Gasteiger partial charge in [-0.05, 0) is 26.0 Å². The van der Waals surface area contributed by atoms with Crippen LogP contribution in [0, 0.1) is 0 Å². The highest BCUT2D eigenvalue weighted by Crippen LogP contribution is 2.16. The summed E-state index contributed by atoms with van der Waals surface area (Å²) in [7, 11) is 1.52. The van der Waals surface area contributed by atoms with E-state index in [9.17, 15) is 14.4 Å². The average Bonchev–Trinajstić information content (AvgIpc) is 3.38. The van der Waals surface area contributed by atoms with Crippen LogP contribution in [0.1, 0.15) is 30.1 Å². The summed E-state index contributed by atoms with van der Waals surface area (Å²) in [6, 6.07) is 3.15. The zero-order chi connectivity index (χ0) is 21.2. The molecule has 0 radical (unpaired) electrons. The number of likely N-dealkylation sites (N-methyl/N-ethyl adjacent to an activating group) is 1. The van der Waals surface area contributed by atoms with E-state index in [1.54, 1.807) is 22.4 Å². The van der Waals surface area contributed by atoms with Crippen LogP contribution in [0.4, 0.5) is 5.13 Å². The van der Waals surface area contributed by atoms with Gasteiger partial charge in [0.05, 0.1) is 25.0 Å². The van der Waals surface area contributed by atoms with Gasteiger partial charge in [-0.15, -0.1) is 11.3 Å². The van der Waals surface area contributed by atoms with Crippen molar-refractivity contribution in [2.45, 2.75) is 20.3 Å². The van der Waals surface area contributed by atoms with E-state index >= 15 is 0 Å². The molecule has 3 amide bonds. The first-order chi connectivity index (χ1) is 14.0. The van der Waals surface area contributed by atoms with Gasteiger partial charge in [0.25, 0.3) is 5.91 Å². The van der Waals surface area contributed by atoms with Gasteiger partial charge < -0.3 is 24.3 Å². The third kappa shape index (κ3) is 6.68. The fraction of sp³-hybridized carbons (Fsp3) is 0.474. The zero-order valence-electron chi connectivity index (χ0n) is 16.8. The summed E-state index contributed by atoms with van der Waals surface area (Å²) in [4.78, 5) is 44.4. The predicted octanol–water partition coefficient (Wildman–Crippen LogP) is 1.87. The molecule has 2 aromatic rings. The number of rotatable bonds is 11. The van der Waals surface area contributed by atoms with Crippen molar-refractivity contribution in [2.24, 2.45) is 0 Å². The second kappa shape index (κ2) is 11.3. The van der Waals surface area contributed by atoms with Crippen LogP contribution in [-0.2, 0) is 20.7 Å². The normalized spacial score (nSPS) is 10.6. The van der Waals surface area contributed by atoms with Crippen LogP contribution in [0.3, 0.4) is 0 Å². The highest BCUT2D eigenvalue weighted by atomic mass is 32.1. The molecule has 2 heterocycles. The molecular formula is C19H26N4O5S. The number of amides is 3. The number of thiazole rings is 1. The Morgan fingerprint density at radius 1 is 1.24 bits per heavy atom. The number of carbonyl (C=O) groups is 3. The Hall–Kier alpha value is -2.72. The van der Waals surface area contributed by atoms with Gasteiger partial charge >= 0.3 is 0 Å². The number of hydrogen-bond donors (Lipinski definition) is 1. The minimum atomic E-state index is -0.396. The SMILES string of the molecule is CCN(CC)C(=O)Cc1csc(NC(=O)CN(CCOC)C(=O)c2ccco2)n1. The Bertz CT molecular complexity index is 801. The van der Waals surface area contributed by atoms with E-state index in [1.807, 2.05) is 13.8 Å². The highest BCUT2D eigenvalue weighted by molar-refractivity contribution is 7.13. The van der Waals surface area contributed by atoms with Gasteiger partial charge in [0.15, 0.2) is 10.9 Å². The molecule has 0 unspecified atom stereocenters. The van der Waals surface area contributed by atoms with Crippen LogP contribution in [0.25, 0.3) is 0 Å². The Kier molecular flexibility index (Phi) is 8.81. The fourth-order valence-electron chi connectivity index (χ4n) is 2.63. The quantitative estimate of drug-likeness (QED) is 0.593. The van der Waals surface area contributed by atoms with E-state index in [-0.39, 0.29) is 37.8 Å². The number of carbonyl (C=O) groups excluding carboxylic acids is 3. The third-order valence-electron chi connectivity index (χ3n) is 4.17. The smallest absolute Gasteiger partial charge is 0.290 e. The lowest BCUT2D eigenvalue weighted by atomic mass is 10.3. The second-order valence-electron chi connectivity index (χ2n) is 6.13. The molecule has 0 saturated heterocycles. The number of anilines is 1. The van der Waals surface area contributed by atoms with Crippen LogP contribution in [-0.4, -0.2) is 72.4 Å². The molecule has 1 N–H and O–H groups in total. The van der Waals surface area contributed by atoms with Crippen LogP contribution in [0.2, 0.25) is 0 Å². The van der Waals surface area contributed by atoms with E-state index in [1.165, 1.54) is 29.6 Å². The first kappa shape index (κ1) is 22.6. The highest BCUT2D eigenvalue weighted by Gasteiger charge is 2.21. The number of methoxy groups -OCH3 is 1. The first-order valence-electron chi connectivity index (χ1n) is 9.32. The Morgan fingerprint density at radius 2 is 2.00 bits per heavy atom. The average molecular weight is 423 g/mol. The van der Waals surface area contributed by atoms with Crippen molar-refractivity contribution in [2.75, 3.05) is 45.2 Å². The molecule has 0 fully saturated rings. The standard InChI is InChI=1S/C19H26N4O5S/c1-4-22(5-2)17(25)11-14-13-29-19(20-14)21-16(24)12-23(8-10-27-3)18(26)15-7-6-9-28-15/h6-7,9,13H,4-5,8,10-12H2,1-3H3,(H,20,21,24). The molecule has 158 valence electrons. The summed E-state index contributed by atoms with van der Waals surface area (Å²) in [5.74, 6) is -0.642. The van der Waals surface area contributed by atoms with Gasteiger partial charge in [0.2, 0.25) is 11.8 Å². The van der Waals surface area contributed by atoms with Crippen molar-refractivity contribution in [3.8, 4) is 0 Å². The molecule has 0 atom stereocenters. The molecule has 2 aromatic heterocycles. The van der Waals surface area contributed by atoms with E-state index in [0.717, 1.165) is 0 Å². The summed E-state index contributed by atoms with van der Waals surface area (Å²) in [6.07, 6.45) is 1.59. The van der Waals surface area contributed by atoms with Crippen molar-refractivity contribution < 1.29 is 23.5 Å². The van der Waals surface area contributed by atoms with Crippen molar-refractivity contribution in [3.05, 3.63) is 35.2 Å². The van der Waals surface area contributed by atoms with E-state index < -0.39 is 11.8 Å². The minimum Gasteiger partial charge on any atom is -0.459 e. The number of ether oxygens (including phenoxy) is 1. The molecule has 0 bridgehead atoms. The molecule has 0 aliphatic carbocycles. The van der Waals surface area contributed by atoms with Crippen molar-refractivity contribution in [1.82, 2.24) is 14.8 Å². The molecule has 0 spiro atoms. The number of aromatic nitrogens is 1. The first-order valence-corrected chi connectivity index (χ1v) is 10.2. The molecule has 29 heavy (non-hydrogen) atoms. The van der Waals surface area contributed by atoms with Crippen molar-refractivity contribution in [1.29, 1.82) is 0 Å². The Morgan fingerprint density at radius 3 is 2.62 bits per heavy atom. The largest absolute Gasteiger partial charge is 0.459 e. The van der Waals surface area contributed by atoms with E-state index in [2.05, 4.69) is 10.3 Å². The maximum Gasteiger partial charge on any atom is 0.290 e. The Labute approximate surface area is 173 Å². The maximum atomic E-state index is 12.5. The molecule has 10 heteroatoms. The summed E-state index contributed by atoms with van der Waals surface area (Å²) in [5.41, 5.74) is 0.602. The third-order valence-corrected chi connectivity index (χ3v) is 4.97. The van der Waals surface area contributed by atoms with Crippen LogP contribution >= 0.6 is 11.3 Å². The summed E-state index contributed by atoms with van der Waals surface area (Å²) >= 11 is 1.24. The molecule has 2 rings (SSSR count). The van der Waals surface area contributed by atoms with Gasteiger partial charge in [-0.2, -0.15) is 0 Å². The summed E-state index contributed by atoms with van der Waals surface area (Å²) in [6.45, 7) is 5.49. The fourth-order valence-corrected chi connectivity index (χ4v) is 3.36. The Balaban J connectivity index is 1.95. The second-order valence-corrected chi connectivity index (χ2v) is 6.99. The van der Waals surface area contributed by atoms with E-state index in [4.69, 9.17) is 9.15 Å². The molecule has 9 nitrogen and oxygen atoms in total. The molecular weight excluding hydrogens is 396 g/mol. The summed E-state index contributed by atoms with van der Waals surface area (Å²) < 4.78 is 10.1. The lowest BCUT2D eigenvalue weighted by molar-refractivity contribution is -0.130. The van der Waals surface area contributed by atoms with E-state index in [0.29, 0.717) is 23.9 Å². The van der Waals surface area contributed by atoms with Crippen molar-refractivity contribution >= 4 is 34.2 Å². The van der Waals surface area contributed by atoms with Gasteiger partial charge in [0, 0.05) is 32.1 Å². The summed E-state index contributed by atoms with van der Waals surface area (Å²) in [5, 5.41) is 4.81. The monoisotopic (exact) mass is 422 g/mol. The maximum absolute atomic E-state index is 12.5. The zero-order valence-corrected chi connectivity index (χ0v) is 17.7. The van der Waals surface area contributed by atoms with Gasteiger partial charge in [0.1, 0.15) is 6.54 Å².